The monoisotopic (exact) mass is 252 g/mol. The van der Waals surface area contributed by atoms with Gasteiger partial charge in [0.05, 0.1) is 26.7 Å². The summed E-state index contributed by atoms with van der Waals surface area (Å²) in [6.07, 6.45) is 0.684. The molecule has 0 aliphatic carbocycles. The quantitative estimate of drug-likeness (QED) is 0.730. The minimum atomic E-state index is -0.264. The van der Waals surface area contributed by atoms with Gasteiger partial charge in [0.15, 0.2) is 11.5 Å². The Hall–Kier alpha value is -1.71. The van der Waals surface area contributed by atoms with Gasteiger partial charge in [-0.2, -0.15) is 0 Å². The van der Waals surface area contributed by atoms with Crippen LogP contribution < -0.4 is 9.47 Å². The van der Waals surface area contributed by atoms with E-state index in [-0.39, 0.29) is 11.9 Å². The van der Waals surface area contributed by atoms with Gasteiger partial charge in [-0.25, -0.2) is 0 Å². The first-order valence-corrected chi connectivity index (χ1v) is 6.06. The Labute approximate surface area is 108 Å². The van der Waals surface area contributed by atoms with Crippen LogP contribution in [-0.4, -0.2) is 26.8 Å². The fourth-order valence-corrected chi connectivity index (χ4v) is 1.86. The Morgan fingerprint density at radius 1 is 1.22 bits per heavy atom. The average Bonchev–Trinajstić information content (AvgIpc) is 2.41. The second-order valence-electron chi connectivity index (χ2n) is 3.83. The zero-order chi connectivity index (χ0) is 13.5. The molecule has 0 saturated heterocycles. The lowest BCUT2D eigenvalue weighted by atomic mass is 9.96. The summed E-state index contributed by atoms with van der Waals surface area (Å²) in [4.78, 5) is 11.7. The van der Waals surface area contributed by atoms with Gasteiger partial charge in [0.2, 0.25) is 0 Å². The molecule has 4 nitrogen and oxygen atoms in total. The number of benzene rings is 1. The molecular formula is C14H20O4. The minimum Gasteiger partial charge on any atom is -0.493 e. The highest BCUT2D eigenvalue weighted by molar-refractivity contribution is 5.78. The highest BCUT2D eigenvalue weighted by Crippen LogP contribution is 2.32. The van der Waals surface area contributed by atoms with Gasteiger partial charge in [-0.05, 0) is 31.0 Å². The molecule has 0 bridgehead atoms. The minimum absolute atomic E-state index is 0.233. The van der Waals surface area contributed by atoms with E-state index < -0.39 is 0 Å². The molecule has 0 radical (unpaired) electrons. The van der Waals surface area contributed by atoms with Crippen LogP contribution in [0.25, 0.3) is 0 Å². The first kappa shape index (κ1) is 14.4. The molecule has 0 fully saturated rings. The molecule has 0 heterocycles. The van der Waals surface area contributed by atoms with Gasteiger partial charge in [-0.15, -0.1) is 0 Å². The molecule has 100 valence electrons. The molecule has 0 aliphatic heterocycles. The van der Waals surface area contributed by atoms with Crippen molar-refractivity contribution in [2.45, 2.75) is 26.2 Å². The molecule has 0 N–H and O–H groups in total. The van der Waals surface area contributed by atoms with E-state index in [4.69, 9.17) is 14.2 Å². The van der Waals surface area contributed by atoms with Crippen molar-refractivity contribution in [2.75, 3.05) is 20.8 Å². The predicted octanol–water partition coefficient (Wildman–Crippen LogP) is 2.76. The van der Waals surface area contributed by atoms with E-state index in [1.807, 2.05) is 32.0 Å². The van der Waals surface area contributed by atoms with Crippen molar-refractivity contribution in [3.8, 4) is 11.5 Å². The first-order valence-electron chi connectivity index (χ1n) is 6.06. The third-order valence-corrected chi connectivity index (χ3v) is 2.78. The van der Waals surface area contributed by atoms with Gasteiger partial charge in [0.1, 0.15) is 0 Å². The topological polar surface area (TPSA) is 44.8 Å². The third-order valence-electron chi connectivity index (χ3n) is 2.78. The van der Waals surface area contributed by atoms with Gasteiger partial charge in [-0.3, -0.25) is 4.79 Å². The second-order valence-corrected chi connectivity index (χ2v) is 3.83. The number of hydrogen-bond acceptors (Lipinski definition) is 4. The normalized spacial score (nSPS) is 11.8. The Morgan fingerprint density at radius 3 is 2.44 bits per heavy atom. The van der Waals surface area contributed by atoms with Crippen molar-refractivity contribution in [1.29, 1.82) is 0 Å². The molecule has 0 aliphatic rings. The van der Waals surface area contributed by atoms with Crippen LogP contribution in [0.2, 0.25) is 0 Å². The summed E-state index contributed by atoms with van der Waals surface area (Å²) in [5.41, 5.74) is 0.879. The van der Waals surface area contributed by atoms with E-state index >= 15 is 0 Å². The van der Waals surface area contributed by atoms with Crippen LogP contribution in [0.15, 0.2) is 18.2 Å². The number of ether oxygens (including phenoxy) is 3. The summed E-state index contributed by atoms with van der Waals surface area (Å²) in [6, 6.07) is 5.53. The number of rotatable bonds is 6. The average molecular weight is 252 g/mol. The smallest absolute Gasteiger partial charge is 0.313 e. The van der Waals surface area contributed by atoms with E-state index in [2.05, 4.69) is 0 Å². The van der Waals surface area contributed by atoms with Gasteiger partial charge in [0.25, 0.3) is 0 Å². The first-order chi connectivity index (χ1) is 8.67. The summed E-state index contributed by atoms with van der Waals surface area (Å²) >= 11 is 0. The Bertz CT molecular complexity index is 401. The van der Waals surface area contributed by atoms with Crippen LogP contribution in [0.1, 0.15) is 31.7 Å². The predicted molar refractivity (Wildman–Crippen MR) is 69.2 cm³/mol. The molecule has 0 saturated carbocycles. The zero-order valence-corrected chi connectivity index (χ0v) is 11.4. The van der Waals surface area contributed by atoms with Crippen molar-refractivity contribution < 1.29 is 19.0 Å². The summed E-state index contributed by atoms with van der Waals surface area (Å²) in [5.74, 6) is 0.823. The van der Waals surface area contributed by atoms with Crippen molar-refractivity contribution in [3.63, 3.8) is 0 Å². The number of esters is 1. The zero-order valence-electron chi connectivity index (χ0n) is 11.4. The summed E-state index contributed by atoms with van der Waals surface area (Å²) in [6.45, 7) is 4.44. The van der Waals surface area contributed by atoms with Crippen LogP contribution in [-0.2, 0) is 9.53 Å². The molecule has 4 heteroatoms. The van der Waals surface area contributed by atoms with Crippen LogP contribution in [0.4, 0.5) is 0 Å². The molecule has 0 spiro atoms. The largest absolute Gasteiger partial charge is 0.493 e. The molecule has 1 rings (SSSR count). The maximum atomic E-state index is 11.7. The van der Waals surface area contributed by atoms with E-state index in [9.17, 15) is 4.79 Å². The van der Waals surface area contributed by atoms with Crippen LogP contribution in [0.3, 0.4) is 0 Å². The lowest BCUT2D eigenvalue weighted by Gasteiger charge is -2.15. The van der Waals surface area contributed by atoms with Crippen LogP contribution in [0.5, 0.6) is 11.5 Å². The van der Waals surface area contributed by atoms with Crippen molar-refractivity contribution in [2.24, 2.45) is 0 Å². The van der Waals surface area contributed by atoms with Crippen molar-refractivity contribution in [3.05, 3.63) is 23.8 Å². The lowest BCUT2D eigenvalue weighted by molar-refractivity contribution is -0.142. The van der Waals surface area contributed by atoms with E-state index in [1.165, 1.54) is 7.11 Å². The maximum Gasteiger partial charge on any atom is 0.313 e. The fraction of sp³-hybridized carbons (Fsp3) is 0.500. The molecule has 0 amide bonds. The number of carbonyl (C=O) groups is 1. The maximum absolute atomic E-state index is 11.7. The summed E-state index contributed by atoms with van der Waals surface area (Å²) in [5, 5.41) is 0. The number of hydrogen-bond donors (Lipinski definition) is 0. The second kappa shape index (κ2) is 6.89. The lowest BCUT2D eigenvalue weighted by Crippen LogP contribution is -2.13. The highest BCUT2D eigenvalue weighted by atomic mass is 16.5. The SMILES string of the molecule is CCOc1ccc(C(CC)C(=O)OC)cc1OC. The molecule has 0 aromatic heterocycles. The van der Waals surface area contributed by atoms with E-state index in [1.54, 1.807) is 7.11 Å². The van der Waals surface area contributed by atoms with Gasteiger partial charge in [0, 0.05) is 0 Å². The van der Waals surface area contributed by atoms with E-state index in [0.717, 1.165) is 5.56 Å². The molecule has 1 unspecified atom stereocenters. The van der Waals surface area contributed by atoms with Crippen molar-refractivity contribution in [1.82, 2.24) is 0 Å². The summed E-state index contributed by atoms with van der Waals surface area (Å²) < 4.78 is 15.5. The highest BCUT2D eigenvalue weighted by Gasteiger charge is 2.20. The molecule has 1 aromatic carbocycles. The standard InChI is InChI=1S/C14H20O4/c1-5-11(14(15)17-4)10-7-8-12(18-6-2)13(9-10)16-3/h7-9,11H,5-6H2,1-4H3. The molecule has 1 atom stereocenters. The molecule has 18 heavy (non-hydrogen) atoms. The fourth-order valence-electron chi connectivity index (χ4n) is 1.86. The Morgan fingerprint density at radius 2 is 1.94 bits per heavy atom. The Kier molecular flexibility index (Phi) is 5.49. The number of carbonyl (C=O) groups excluding carboxylic acids is 1. The van der Waals surface area contributed by atoms with Gasteiger partial charge >= 0.3 is 5.97 Å². The van der Waals surface area contributed by atoms with E-state index in [0.29, 0.717) is 24.5 Å². The third kappa shape index (κ3) is 3.15. The van der Waals surface area contributed by atoms with Crippen molar-refractivity contribution >= 4 is 5.97 Å². The molecular weight excluding hydrogens is 232 g/mol. The van der Waals surface area contributed by atoms with Crippen LogP contribution >= 0.6 is 0 Å². The van der Waals surface area contributed by atoms with Gasteiger partial charge < -0.3 is 14.2 Å². The van der Waals surface area contributed by atoms with Crippen LogP contribution in [0, 0.1) is 0 Å². The van der Waals surface area contributed by atoms with Gasteiger partial charge in [-0.1, -0.05) is 13.0 Å². The molecule has 1 aromatic rings. The summed E-state index contributed by atoms with van der Waals surface area (Å²) in [7, 11) is 2.98. The Balaban J connectivity index is 3.06. The number of methoxy groups -OCH3 is 2.